The standard InChI is InChI=1S/C17H17NO2S/c1-12-16(19)18-17(21-12)14-7-9-15(10-8-14)20-11-13-5-3-2-4-6-13/h2-10,12,17H,11H2,1H3,(H,18,19)/t12-,17-/m1/s1. The largest absolute Gasteiger partial charge is 0.489 e. The molecule has 1 amide bonds. The molecule has 3 rings (SSSR count). The summed E-state index contributed by atoms with van der Waals surface area (Å²) in [6.07, 6.45) is 0. The van der Waals surface area contributed by atoms with Crippen molar-refractivity contribution in [3.05, 3.63) is 65.7 Å². The van der Waals surface area contributed by atoms with Crippen LogP contribution in [0, 0.1) is 0 Å². The molecule has 1 saturated heterocycles. The molecule has 2 aromatic carbocycles. The second-order valence-corrected chi connectivity index (χ2v) is 6.46. The number of carbonyl (C=O) groups excluding carboxylic acids is 1. The highest BCUT2D eigenvalue weighted by atomic mass is 32.2. The molecular formula is C17H17NO2S. The van der Waals surface area contributed by atoms with Gasteiger partial charge >= 0.3 is 0 Å². The van der Waals surface area contributed by atoms with E-state index in [2.05, 4.69) is 5.32 Å². The smallest absolute Gasteiger partial charge is 0.234 e. The van der Waals surface area contributed by atoms with Gasteiger partial charge in [0.2, 0.25) is 5.91 Å². The second kappa shape index (κ2) is 6.22. The maximum absolute atomic E-state index is 11.5. The number of benzene rings is 2. The molecule has 0 aliphatic carbocycles. The van der Waals surface area contributed by atoms with Crippen molar-refractivity contribution < 1.29 is 9.53 Å². The molecule has 3 nitrogen and oxygen atoms in total. The third kappa shape index (κ3) is 3.39. The maximum atomic E-state index is 11.5. The molecule has 108 valence electrons. The summed E-state index contributed by atoms with van der Waals surface area (Å²) in [5, 5.41) is 3.05. The van der Waals surface area contributed by atoms with E-state index in [0.717, 1.165) is 16.9 Å². The first-order valence-electron chi connectivity index (χ1n) is 6.95. The summed E-state index contributed by atoms with van der Waals surface area (Å²) >= 11 is 1.64. The highest BCUT2D eigenvalue weighted by Gasteiger charge is 2.29. The summed E-state index contributed by atoms with van der Waals surface area (Å²) in [7, 11) is 0. The number of hydrogen-bond donors (Lipinski definition) is 1. The number of hydrogen-bond acceptors (Lipinski definition) is 3. The summed E-state index contributed by atoms with van der Waals surface area (Å²) in [4.78, 5) is 11.5. The molecule has 0 spiro atoms. The van der Waals surface area contributed by atoms with E-state index >= 15 is 0 Å². The molecule has 1 fully saturated rings. The van der Waals surface area contributed by atoms with Gasteiger partial charge in [-0.3, -0.25) is 4.79 Å². The van der Waals surface area contributed by atoms with E-state index in [4.69, 9.17) is 4.74 Å². The predicted octanol–water partition coefficient (Wildman–Crippen LogP) is 3.52. The van der Waals surface area contributed by atoms with Crippen molar-refractivity contribution in [1.82, 2.24) is 5.32 Å². The van der Waals surface area contributed by atoms with Gasteiger partial charge in [-0.2, -0.15) is 0 Å². The molecule has 0 unspecified atom stereocenters. The quantitative estimate of drug-likeness (QED) is 0.939. The average molecular weight is 299 g/mol. The van der Waals surface area contributed by atoms with E-state index in [1.54, 1.807) is 11.8 Å². The number of rotatable bonds is 4. The Morgan fingerprint density at radius 2 is 1.81 bits per heavy atom. The monoisotopic (exact) mass is 299 g/mol. The van der Waals surface area contributed by atoms with Gasteiger partial charge in [-0.25, -0.2) is 0 Å². The third-order valence-electron chi connectivity index (χ3n) is 3.41. The minimum atomic E-state index is 0.0176. The number of amides is 1. The zero-order chi connectivity index (χ0) is 14.7. The summed E-state index contributed by atoms with van der Waals surface area (Å²) in [6.45, 7) is 2.49. The Hall–Kier alpha value is -1.94. The minimum absolute atomic E-state index is 0.0176. The summed E-state index contributed by atoms with van der Waals surface area (Å²) in [6, 6.07) is 18.0. The van der Waals surface area contributed by atoms with Gasteiger partial charge in [-0.1, -0.05) is 42.5 Å². The molecule has 0 saturated carbocycles. The molecule has 1 heterocycles. The lowest BCUT2D eigenvalue weighted by molar-refractivity contribution is -0.119. The van der Waals surface area contributed by atoms with Crippen LogP contribution in [0.25, 0.3) is 0 Å². The summed E-state index contributed by atoms with van der Waals surface area (Å²) < 4.78 is 5.76. The van der Waals surface area contributed by atoms with Crippen LogP contribution in [0.1, 0.15) is 23.4 Å². The molecule has 0 bridgehead atoms. The van der Waals surface area contributed by atoms with Crippen LogP contribution < -0.4 is 10.1 Å². The Balaban J connectivity index is 1.61. The van der Waals surface area contributed by atoms with Crippen molar-refractivity contribution >= 4 is 17.7 Å². The zero-order valence-corrected chi connectivity index (χ0v) is 12.6. The number of nitrogens with one attached hydrogen (secondary N) is 1. The topological polar surface area (TPSA) is 38.3 Å². The first kappa shape index (κ1) is 14.0. The molecule has 2 atom stereocenters. The number of ether oxygens (including phenoxy) is 1. The number of carbonyl (C=O) groups is 1. The van der Waals surface area contributed by atoms with Crippen molar-refractivity contribution in [2.75, 3.05) is 0 Å². The fraction of sp³-hybridized carbons (Fsp3) is 0.235. The van der Waals surface area contributed by atoms with E-state index in [1.165, 1.54) is 0 Å². The minimum Gasteiger partial charge on any atom is -0.489 e. The van der Waals surface area contributed by atoms with Crippen molar-refractivity contribution in [3.8, 4) is 5.75 Å². The van der Waals surface area contributed by atoms with Crippen molar-refractivity contribution in [3.63, 3.8) is 0 Å². The van der Waals surface area contributed by atoms with Gasteiger partial charge in [-0.15, -0.1) is 11.8 Å². The Labute approximate surface area is 128 Å². The first-order valence-corrected chi connectivity index (χ1v) is 7.89. The molecule has 0 radical (unpaired) electrons. The van der Waals surface area contributed by atoms with Gasteiger partial charge in [0.05, 0.1) is 5.25 Å². The zero-order valence-electron chi connectivity index (χ0n) is 11.8. The lowest BCUT2D eigenvalue weighted by Gasteiger charge is -2.11. The molecule has 1 N–H and O–H groups in total. The van der Waals surface area contributed by atoms with E-state index < -0.39 is 0 Å². The predicted molar refractivity (Wildman–Crippen MR) is 85.2 cm³/mol. The SMILES string of the molecule is C[C@H]1S[C@H](c2ccc(OCc3ccccc3)cc2)NC1=O. The van der Waals surface area contributed by atoms with Crippen LogP contribution in [0.3, 0.4) is 0 Å². The Morgan fingerprint density at radius 3 is 2.43 bits per heavy atom. The van der Waals surface area contributed by atoms with Crippen LogP contribution >= 0.6 is 11.8 Å². The molecule has 2 aromatic rings. The molecule has 4 heteroatoms. The summed E-state index contributed by atoms with van der Waals surface area (Å²) in [5.41, 5.74) is 2.25. The Bertz CT molecular complexity index is 612. The van der Waals surface area contributed by atoms with Crippen molar-refractivity contribution in [1.29, 1.82) is 0 Å². The fourth-order valence-electron chi connectivity index (χ4n) is 2.19. The Kier molecular flexibility index (Phi) is 4.15. The molecule has 1 aliphatic heterocycles. The van der Waals surface area contributed by atoms with E-state index in [1.807, 2.05) is 61.5 Å². The van der Waals surface area contributed by atoms with E-state index in [-0.39, 0.29) is 16.5 Å². The van der Waals surface area contributed by atoms with Gasteiger partial charge < -0.3 is 10.1 Å². The molecule has 1 aliphatic rings. The van der Waals surface area contributed by atoms with Gasteiger partial charge in [0, 0.05) is 0 Å². The maximum Gasteiger partial charge on any atom is 0.234 e. The van der Waals surface area contributed by atoms with Crippen LogP contribution in [0.2, 0.25) is 0 Å². The summed E-state index contributed by atoms with van der Waals surface area (Å²) in [5.74, 6) is 0.944. The van der Waals surface area contributed by atoms with Crippen LogP contribution in [0.15, 0.2) is 54.6 Å². The van der Waals surface area contributed by atoms with Gasteiger partial charge in [0.15, 0.2) is 0 Å². The molecule has 21 heavy (non-hydrogen) atoms. The van der Waals surface area contributed by atoms with Gasteiger partial charge in [0.1, 0.15) is 17.7 Å². The van der Waals surface area contributed by atoms with Crippen LogP contribution in [-0.2, 0) is 11.4 Å². The third-order valence-corrected chi connectivity index (χ3v) is 4.70. The second-order valence-electron chi connectivity index (χ2n) is 5.01. The average Bonchev–Trinajstić information content (AvgIpc) is 2.86. The highest BCUT2D eigenvalue weighted by Crippen LogP contribution is 2.35. The fourth-order valence-corrected chi connectivity index (χ4v) is 3.29. The lowest BCUT2D eigenvalue weighted by atomic mass is 10.2. The lowest BCUT2D eigenvalue weighted by Crippen LogP contribution is -2.22. The van der Waals surface area contributed by atoms with Gasteiger partial charge in [0.25, 0.3) is 0 Å². The normalized spacial score (nSPS) is 21.1. The van der Waals surface area contributed by atoms with Crippen LogP contribution in [0.4, 0.5) is 0 Å². The van der Waals surface area contributed by atoms with Crippen LogP contribution in [-0.4, -0.2) is 11.2 Å². The molecule has 0 aromatic heterocycles. The van der Waals surface area contributed by atoms with Crippen molar-refractivity contribution in [2.24, 2.45) is 0 Å². The van der Waals surface area contributed by atoms with Gasteiger partial charge in [-0.05, 0) is 30.2 Å². The van der Waals surface area contributed by atoms with E-state index in [9.17, 15) is 4.79 Å². The molecular weight excluding hydrogens is 282 g/mol. The number of thioether (sulfide) groups is 1. The van der Waals surface area contributed by atoms with E-state index in [0.29, 0.717) is 6.61 Å². The van der Waals surface area contributed by atoms with Crippen LogP contribution in [0.5, 0.6) is 5.75 Å². The van der Waals surface area contributed by atoms with Crippen molar-refractivity contribution in [2.45, 2.75) is 24.2 Å². The first-order chi connectivity index (χ1) is 10.2. The highest BCUT2D eigenvalue weighted by molar-refractivity contribution is 8.01. The Morgan fingerprint density at radius 1 is 1.10 bits per heavy atom.